The Kier molecular flexibility index (Phi) is 6.47. The van der Waals surface area contributed by atoms with Gasteiger partial charge in [0.05, 0.1) is 38.8 Å². The molecule has 2 N–H and O–H groups in total. The molecule has 3 rings (SSSR count). The van der Waals surface area contributed by atoms with Crippen LogP contribution < -0.4 is 10.6 Å². The molecule has 6 nitrogen and oxygen atoms in total. The highest BCUT2D eigenvalue weighted by atomic mass is 35.5. The van der Waals surface area contributed by atoms with Crippen molar-refractivity contribution in [3.8, 4) is 11.3 Å². The van der Waals surface area contributed by atoms with Crippen molar-refractivity contribution in [2.24, 2.45) is 0 Å². The first-order chi connectivity index (χ1) is 14.6. The van der Waals surface area contributed by atoms with E-state index in [4.69, 9.17) is 23.2 Å². The van der Waals surface area contributed by atoms with Crippen molar-refractivity contribution in [3.05, 3.63) is 75.5 Å². The van der Waals surface area contributed by atoms with Crippen LogP contribution in [0.5, 0.6) is 0 Å². The number of carbonyl (C=O) groups is 2. The Labute approximate surface area is 184 Å². The number of aryl methyl sites for hydroxylation is 1. The van der Waals surface area contributed by atoms with Crippen LogP contribution in [0.3, 0.4) is 0 Å². The quantitative estimate of drug-likeness (QED) is 0.513. The molecule has 11 heteroatoms. The Morgan fingerprint density at radius 1 is 1.00 bits per heavy atom. The molecular weight excluding hydrogens is 456 g/mol. The third kappa shape index (κ3) is 5.31. The summed E-state index contributed by atoms with van der Waals surface area (Å²) in [6.07, 6.45) is -3.22. The molecule has 0 saturated heterocycles. The Balaban J connectivity index is 1.71. The van der Waals surface area contributed by atoms with Crippen molar-refractivity contribution < 1.29 is 22.8 Å². The number of urea groups is 1. The van der Waals surface area contributed by atoms with E-state index in [2.05, 4.69) is 20.6 Å². The van der Waals surface area contributed by atoms with Gasteiger partial charge in [-0.05, 0) is 31.2 Å². The molecule has 3 amide bonds. The summed E-state index contributed by atoms with van der Waals surface area (Å²) in [4.78, 5) is 32.6. The highest BCUT2D eigenvalue weighted by Gasteiger charge is 2.30. The van der Waals surface area contributed by atoms with Gasteiger partial charge in [0.15, 0.2) is 5.82 Å². The number of imide groups is 1. The lowest BCUT2D eigenvalue weighted by atomic mass is 10.1. The van der Waals surface area contributed by atoms with Crippen LogP contribution in [-0.2, 0) is 6.18 Å². The average Bonchev–Trinajstić information content (AvgIpc) is 2.67. The minimum atomic E-state index is -4.44. The monoisotopic (exact) mass is 468 g/mol. The first-order valence-corrected chi connectivity index (χ1v) is 9.39. The van der Waals surface area contributed by atoms with E-state index in [1.165, 1.54) is 30.5 Å². The summed E-state index contributed by atoms with van der Waals surface area (Å²) in [5, 5.41) is 4.59. The lowest BCUT2D eigenvalue weighted by Crippen LogP contribution is -2.35. The molecule has 0 spiro atoms. The zero-order chi connectivity index (χ0) is 22.8. The predicted octanol–water partition coefficient (Wildman–Crippen LogP) is 5.74. The van der Waals surface area contributed by atoms with Crippen molar-refractivity contribution in [2.45, 2.75) is 13.1 Å². The fourth-order valence-corrected chi connectivity index (χ4v) is 3.24. The minimum absolute atomic E-state index is 0.0312. The van der Waals surface area contributed by atoms with Crippen molar-refractivity contribution in [3.63, 3.8) is 0 Å². The van der Waals surface area contributed by atoms with E-state index in [1.54, 1.807) is 13.0 Å². The number of nitrogens with zero attached hydrogens (tertiary/aromatic N) is 2. The first kappa shape index (κ1) is 22.5. The smallest absolute Gasteiger partial charge is 0.291 e. The van der Waals surface area contributed by atoms with Gasteiger partial charge in [-0.25, -0.2) is 9.78 Å². The number of hydrogen-bond donors (Lipinski definition) is 2. The lowest BCUT2D eigenvalue weighted by molar-refractivity contribution is -0.137. The molecule has 0 fully saturated rings. The standard InChI is InChI=1S/C20H13Cl2F3N4O2/c1-10-17(11-5-7-12(8-6-11)20(23,24)25)26-9-15(27-10)28-19(31)29-18(30)16-13(21)3-2-4-14(16)22/h2-9H,1H3,(H2,27,28,29,30,31). The molecule has 0 atom stereocenters. The van der Waals surface area contributed by atoms with Crippen molar-refractivity contribution in [1.82, 2.24) is 15.3 Å². The number of rotatable bonds is 3. The molecule has 2 aromatic carbocycles. The van der Waals surface area contributed by atoms with Gasteiger partial charge in [-0.2, -0.15) is 13.2 Å². The number of benzene rings is 2. The predicted molar refractivity (Wildman–Crippen MR) is 110 cm³/mol. The van der Waals surface area contributed by atoms with Gasteiger partial charge in [-0.3, -0.25) is 20.4 Å². The second kappa shape index (κ2) is 8.91. The summed E-state index contributed by atoms with van der Waals surface area (Å²) in [6, 6.07) is 8.03. The number of amides is 3. The summed E-state index contributed by atoms with van der Waals surface area (Å²) < 4.78 is 38.1. The highest BCUT2D eigenvalue weighted by Crippen LogP contribution is 2.31. The van der Waals surface area contributed by atoms with Crippen LogP contribution in [0.1, 0.15) is 21.6 Å². The minimum Gasteiger partial charge on any atom is -0.291 e. The molecule has 0 aliphatic carbocycles. The number of alkyl halides is 3. The zero-order valence-electron chi connectivity index (χ0n) is 15.7. The van der Waals surface area contributed by atoms with Gasteiger partial charge in [0.25, 0.3) is 5.91 Å². The van der Waals surface area contributed by atoms with Crippen LogP contribution in [0.15, 0.2) is 48.7 Å². The second-order valence-electron chi connectivity index (χ2n) is 6.27. The van der Waals surface area contributed by atoms with Crippen LogP contribution in [0.2, 0.25) is 10.0 Å². The van der Waals surface area contributed by atoms with Crippen molar-refractivity contribution >= 4 is 41.0 Å². The summed E-state index contributed by atoms with van der Waals surface area (Å²) in [5.41, 5.74) is 0.301. The molecule has 0 unspecified atom stereocenters. The Morgan fingerprint density at radius 3 is 2.16 bits per heavy atom. The summed E-state index contributed by atoms with van der Waals surface area (Å²) in [7, 11) is 0. The SMILES string of the molecule is Cc1nc(NC(=O)NC(=O)c2c(Cl)cccc2Cl)cnc1-c1ccc(C(F)(F)F)cc1. The summed E-state index contributed by atoms with van der Waals surface area (Å²) in [6.45, 7) is 1.58. The molecule has 160 valence electrons. The Hall–Kier alpha value is -3.17. The molecule has 0 radical (unpaired) electrons. The maximum absolute atomic E-state index is 12.7. The van der Waals surface area contributed by atoms with Gasteiger partial charge in [0.2, 0.25) is 0 Å². The number of carbonyl (C=O) groups excluding carboxylic acids is 2. The Bertz CT molecular complexity index is 1130. The van der Waals surface area contributed by atoms with Crippen LogP contribution >= 0.6 is 23.2 Å². The molecule has 31 heavy (non-hydrogen) atoms. The normalized spacial score (nSPS) is 11.2. The van der Waals surface area contributed by atoms with Gasteiger partial charge >= 0.3 is 12.2 Å². The molecular formula is C20H13Cl2F3N4O2. The molecule has 0 bridgehead atoms. The topological polar surface area (TPSA) is 84.0 Å². The van der Waals surface area contributed by atoms with Crippen molar-refractivity contribution in [1.29, 1.82) is 0 Å². The molecule has 1 aromatic heterocycles. The van der Waals surface area contributed by atoms with E-state index in [0.717, 1.165) is 12.1 Å². The number of aromatic nitrogens is 2. The lowest BCUT2D eigenvalue weighted by Gasteiger charge is -2.11. The number of anilines is 1. The first-order valence-electron chi connectivity index (χ1n) is 8.64. The largest absolute Gasteiger partial charge is 0.416 e. The number of halogens is 5. The van der Waals surface area contributed by atoms with Crippen LogP contribution in [0, 0.1) is 6.92 Å². The van der Waals surface area contributed by atoms with Crippen molar-refractivity contribution in [2.75, 3.05) is 5.32 Å². The molecule has 0 saturated carbocycles. The molecule has 0 aliphatic rings. The maximum Gasteiger partial charge on any atom is 0.416 e. The van der Waals surface area contributed by atoms with Crippen LogP contribution in [-0.4, -0.2) is 21.9 Å². The number of nitrogens with one attached hydrogen (secondary N) is 2. The van der Waals surface area contributed by atoms with Gasteiger partial charge < -0.3 is 0 Å². The van der Waals surface area contributed by atoms with Gasteiger partial charge in [0, 0.05) is 5.56 Å². The maximum atomic E-state index is 12.7. The average molecular weight is 469 g/mol. The van der Waals surface area contributed by atoms with Gasteiger partial charge in [-0.15, -0.1) is 0 Å². The molecule has 3 aromatic rings. The molecule has 1 heterocycles. The fourth-order valence-electron chi connectivity index (χ4n) is 2.67. The van der Waals surface area contributed by atoms with Crippen LogP contribution in [0.25, 0.3) is 11.3 Å². The van der Waals surface area contributed by atoms with Crippen LogP contribution in [0.4, 0.5) is 23.8 Å². The third-order valence-corrected chi connectivity index (χ3v) is 4.72. The van der Waals surface area contributed by atoms with E-state index in [-0.39, 0.29) is 21.4 Å². The zero-order valence-corrected chi connectivity index (χ0v) is 17.2. The van der Waals surface area contributed by atoms with E-state index in [9.17, 15) is 22.8 Å². The third-order valence-electron chi connectivity index (χ3n) is 4.09. The van der Waals surface area contributed by atoms with E-state index < -0.39 is 23.7 Å². The Morgan fingerprint density at radius 2 is 1.61 bits per heavy atom. The fraction of sp³-hybridized carbons (Fsp3) is 0.100. The molecule has 0 aliphatic heterocycles. The summed E-state index contributed by atoms with van der Waals surface area (Å²) in [5.74, 6) is -0.775. The van der Waals surface area contributed by atoms with E-state index >= 15 is 0 Å². The van der Waals surface area contributed by atoms with E-state index in [1.807, 2.05) is 0 Å². The summed E-state index contributed by atoms with van der Waals surface area (Å²) >= 11 is 11.9. The van der Waals surface area contributed by atoms with Gasteiger partial charge in [0.1, 0.15) is 0 Å². The second-order valence-corrected chi connectivity index (χ2v) is 7.08. The number of hydrogen-bond acceptors (Lipinski definition) is 4. The van der Waals surface area contributed by atoms with Gasteiger partial charge in [-0.1, -0.05) is 41.4 Å². The highest BCUT2D eigenvalue weighted by molar-refractivity contribution is 6.40. The van der Waals surface area contributed by atoms with E-state index in [0.29, 0.717) is 17.0 Å².